The van der Waals surface area contributed by atoms with Gasteiger partial charge in [0, 0.05) is 11.1 Å². The molecule has 0 aliphatic carbocycles. The van der Waals surface area contributed by atoms with Crippen LogP contribution in [0.1, 0.15) is 27.0 Å². The normalized spacial score (nSPS) is 11.2. The molecule has 0 atom stereocenters. The molecule has 0 spiro atoms. The van der Waals surface area contributed by atoms with Crippen molar-refractivity contribution in [3.63, 3.8) is 0 Å². The van der Waals surface area contributed by atoms with Crippen LogP contribution >= 0.6 is 0 Å². The molecule has 0 saturated heterocycles. The van der Waals surface area contributed by atoms with Gasteiger partial charge in [0.1, 0.15) is 11.4 Å². The minimum absolute atomic E-state index is 0.0358. The molecule has 3 aromatic carbocycles. The standard InChI is InChI=1S/C26H25N3O5/c1-17-9-11-20(22(30)13-17)16-27-29-26(32)21(28-25(31)19-7-5-4-6-8-19)14-18-10-12-23(33-2)24(15-18)34-3/h4-16,30H,1-3H3,(H,28,31)(H,29,32)/b21-14?,27-16+. The zero-order valence-electron chi connectivity index (χ0n) is 19.0. The maximum atomic E-state index is 12.9. The van der Waals surface area contributed by atoms with Gasteiger partial charge in [0.15, 0.2) is 11.5 Å². The highest BCUT2D eigenvalue weighted by molar-refractivity contribution is 6.05. The van der Waals surface area contributed by atoms with Crippen molar-refractivity contribution in [1.29, 1.82) is 0 Å². The minimum Gasteiger partial charge on any atom is -0.507 e. The van der Waals surface area contributed by atoms with Gasteiger partial charge in [0.05, 0.1) is 20.4 Å². The van der Waals surface area contributed by atoms with Crippen LogP contribution in [0.25, 0.3) is 6.08 Å². The van der Waals surface area contributed by atoms with Gasteiger partial charge in [-0.3, -0.25) is 9.59 Å². The SMILES string of the molecule is COc1ccc(C=C(NC(=O)c2ccccc2)C(=O)N/N=C/c2ccc(C)cc2O)cc1OC. The summed E-state index contributed by atoms with van der Waals surface area (Å²) in [5.41, 5.74) is 4.66. The fourth-order valence-electron chi connectivity index (χ4n) is 3.04. The van der Waals surface area contributed by atoms with Crippen LogP contribution in [-0.4, -0.2) is 37.4 Å². The monoisotopic (exact) mass is 459 g/mol. The number of hydrogen-bond donors (Lipinski definition) is 3. The van der Waals surface area contributed by atoms with E-state index in [0.29, 0.717) is 28.2 Å². The number of carbonyl (C=O) groups excluding carboxylic acids is 2. The summed E-state index contributed by atoms with van der Waals surface area (Å²) < 4.78 is 10.6. The summed E-state index contributed by atoms with van der Waals surface area (Å²) in [7, 11) is 3.03. The van der Waals surface area contributed by atoms with Gasteiger partial charge in [-0.25, -0.2) is 5.43 Å². The summed E-state index contributed by atoms with van der Waals surface area (Å²) in [4.78, 5) is 25.6. The highest BCUT2D eigenvalue weighted by Gasteiger charge is 2.15. The Hall–Kier alpha value is -4.59. The van der Waals surface area contributed by atoms with Gasteiger partial charge < -0.3 is 19.9 Å². The van der Waals surface area contributed by atoms with E-state index in [1.54, 1.807) is 60.7 Å². The Kier molecular flexibility index (Phi) is 8.02. The van der Waals surface area contributed by atoms with Crippen molar-refractivity contribution in [1.82, 2.24) is 10.7 Å². The molecule has 0 aromatic heterocycles. The molecule has 34 heavy (non-hydrogen) atoms. The number of phenolic OH excluding ortho intramolecular Hbond substituents is 1. The fraction of sp³-hybridized carbons (Fsp3) is 0.115. The van der Waals surface area contributed by atoms with Crippen molar-refractivity contribution in [2.24, 2.45) is 5.10 Å². The number of aryl methyl sites for hydroxylation is 1. The first-order chi connectivity index (χ1) is 16.4. The first-order valence-electron chi connectivity index (χ1n) is 10.3. The third-order valence-electron chi connectivity index (χ3n) is 4.80. The second-order valence-electron chi connectivity index (χ2n) is 7.25. The predicted octanol–water partition coefficient (Wildman–Crippen LogP) is 3.64. The lowest BCUT2D eigenvalue weighted by atomic mass is 10.1. The van der Waals surface area contributed by atoms with Crippen molar-refractivity contribution in [3.05, 3.63) is 94.7 Å². The summed E-state index contributed by atoms with van der Waals surface area (Å²) in [6.07, 6.45) is 2.82. The number of hydrazone groups is 1. The molecule has 0 radical (unpaired) electrons. The quantitative estimate of drug-likeness (QED) is 0.271. The summed E-state index contributed by atoms with van der Waals surface area (Å²) in [5.74, 6) is -0.0687. The van der Waals surface area contributed by atoms with Gasteiger partial charge in [-0.1, -0.05) is 30.3 Å². The van der Waals surface area contributed by atoms with Crippen LogP contribution in [0, 0.1) is 6.92 Å². The van der Waals surface area contributed by atoms with Gasteiger partial charge in [0.25, 0.3) is 11.8 Å². The molecule has 0 fully saturated rings. The Morgan fingerprint density at radius 3 is 2.35 bits per heavy atom. The topological polar surface area (TPSA) is 109 Å². The molecule has 8 nitrogen and oxygen atoms in total. The van der Waals surface area contributed by atoms with Crippen molar-refractivity contribution in [2.75, 3.05) is 14.2 Å². The zero-order valence-corrected chi connectivity index (χ0v) is 19.0. The molecule has 0 saturated carbocycles. The first kappa shape index (κ1) is 24.1. The van der Waals surface area contributed by atoms with Crippen LogP contribution in [0.5, 0.6) is 17.2 Å². The predicted molar refractivity (Wildman–Crippen MR) is 130 cm³/mol. The molecule has 3 N–H and O–H groups in total. The van der Waals surface area contributed by atoms with Crippen LogP contribution in [0.4, 0.5) is 0 Å². The largest absolute Gasteiger partial charge is 0.507 e. The van der Waals surface area contributed by atoms with E-state index in [-0.39, 0.29) is 11.4 Å². The molecule has 0 aliphatic rings. The number of nitrogens with zero attached hydrogens (tertiary/aromatic N) is 1. The summed E-state index contributed by atoms with van der Waals surface area (Å²) in [6, 6.07) is 18.7. The van der Waals surface area contributed by atoms with E-state index in [0.717, 1.165) is 5.56 Å². The van der Waals surface area contributed by atoms with E-state index in [2.05, 4.69) is 15.8 Å². The number of ether oxygens (including phenoxy) is 2. The Bertz CT molecular complexity index is 1240. The molecule has 3 aromatic rings. The molecular formula is C26H25N3O5. The van der Waals surface area contributed by atoms with Gasteiger partial charge in [-0.05, 0) is 60.5 Å². The Labute approximate surface area is 197 Å². The Morgan fingerprint density at radius 1 is 0.941 bits per heavy atom. The Balaban J connectivity index is 1.87. The number of benzene rings is 3. The smallest absolute Gasteiger partial charge is 0.287 e. The van der Waals surface area contributed by atoms with Crippen LogP contribution in [-0.2, 0) is 4.79 Å². The number of rotatable bonds is 8. The molecule has 0 bridgehead atoms. The number of phenols is 1. The number of nitrogens with one attached hydrogen (secondary N) is 2. The fourth-order valence-corrected chi connectivity index (χ4v) is 3.04. The van der Waals surface area contributed by atoms with Crippen LogP contribution in [0.3, 0.4) is 0 Å². The average molecular weight is 460 g/mol. The number of aromatic hydroxyl groups is 1. The van der Waals surface area contributed by atoms with E-state index < -0.39 is 11.8 Å². The van der Waals surface area contributed by atoms with Crippen LogP contribution in [0.2, 0.25) is 0 Å². The van der Waals surface area contributed by atoms with Gasteiger partial charge in [-0.2, -0.15) is 5.10 Å². The van der Waals surface area contributed by atoms with E-state index in [9.17, 15) is 14.7 Å². The number of carbonyl (C=O) groups is 2. The summed E-state index contributed by atoms with van der Waals surface area (Å²) in [5, 5.41) is 16.5. The summed E-state index contributed by atoms with van der Waals surface area (Å²) >= 11 is 0. The molecule has 0 heterocycles. The van der Waals surface area contributed by atoms with Crippen LogP contribution in [0.15, 0.2) is 77.5 Å². The molecule has 174 valence electrons. The number of hydrogen-bond acceptors (Lipinski definition) is 6. The van der Waals surface area contributed by atoms with Crippen molar-refractivity contribution >= 4 is 24.1 Å². The maximum Gasteiger partial charge on any atom is 0.287 e. The maximum absolute atomic E-state index is 12.9. The van der Waals surface area contributed by atoms with Crippen molar-refractivity contribution < 1.29 is 24.2 Å². The van der Waals surface area contributed by atoms with Crippen molar-refractivity contribution in [2.45, 2.75) is 6.92 Å². The Morgan fingerprint density at radius 2 is 1.68 bits per heavy atom. The highest BCUT2D eigenvalue weighted by atomic mass is 16.5. The van der Waals surface area contributed by atoms with E-state index in [1.165, 1.54) is 26.5 Å². The van der Waals surface area contributed by atoms with Gasteiger partial charge in [-0.15, -0.1) is 0 Å². The van der Waals surface area contributed by atoms with Gasteiger partial charge in [0.2, 0.25) is 0 Å². The average Bonchev–Trinajstić information content (AvgIpc) is 2.85. The van der Waals surface area contributed by atoms with Crippen molar-refractivity contribution in [3.8, 4) is 17.2 Å². The van der Waals surface area contributed by atoms with E-state index >= 15 is 0 Å². The molecule has 3 rings (SSSR count). The minimum atomic E-state index is -0.651. The van der Waals surface area contributed by atoms with Crippen LogP contribution < -0.4 is 20.2 Å². The zero-order chi connectivity index (χ0) is 24.5. The highest BCUT2D eigenvalue weighted by Crippen LogP contribution is 2.28. The molecule has 0 aliphatic heterocycles. The third kappa shape index (κ3) is 6.23. The number of amides is 2. The van der Waals surface area contributed by atoms with Gasteiger partial charge >= 0.3 is 0 Å². The van der Waals surface area contributed by atoms with E-state index in [4.69, 9.17) is 9.47 Å². The number of methoxy groups -OCH3 is 2. The molecule has 8 heteroatoms. The first-order valence-corrected chi connectivity index (χ1v) is 10.3. The molecule has 0 unspecified atom stereocenters. The summed E-state index contributed by atoms with van der Waals surface area (Å²) in [6.45, 7) is 1.85. The van der Waals surface area contributed by atoms with E-state index in [1.807, 2.05) is 13.0 Å². The third-order valence-corrected chi connectivity index (χ3v) is 4.80. The second-order valence-corrected chi connectivity index (χ2v) is 7.25. The lowest BCUT2D eigenvalue weighted by molar-refractivity contribution is -0.117. The second kappa shape index (κ2) is 11.3. The lowest BCUT2D eigenvalue weighted by Crippen LogP contribution is -2.32. The molecule has 2 amide bonds. The lowest BCUT2D eigenvalue weighted by Gasteiger charge is -2.11. The molecular weight excluding hydrogens is 434 g/mol.